The Balaban J connectivity index is 1.54. The molecule has 0 aliphatic carbocycles. The molecule has 2 unspecified atom stereocenters. The molecule has 0 bridgehead atoms. The molecule has 18 heteroatoms. The zero-order valence-corrected chi connectivity index (χ0v) is 19.3. The molecule has 0 saturated carbocycles. The summed E-state index contributed by atoms with van der Waals surface area (Å²) in [6.07, 6.45) is -3.24. The first-order valence-corrected chi connectivity index (χ1v) is 11.5. The molecule has 1 aliphatic rings. The van der Waals surface area contributed by atoms with Gasteiger partial charge >= 0.3 is 13.8 Å². The van der Waals surface area contributed by atoms with Crippen LogP contribution < -0.4 is 21.3 Å². The van der Waals surface area contributed by atoms with E-state index in [9.17, 15) is 34.1 Å². The van der Waals surface area contributed by atoms with Gasteiger partial charge in [-0.05, 0) is 6.92 Å². The van der Waals surface area contributed by atoms with Crippen LogP contribution in [0.2, 0.25) is 0 Å². The summed E-state index contributed by atoms with van der Waals surface area (Å²) in [7, 11) is -5.23. The summed E-state index contributed by atoms with van der Waals surface area (Å²) >= 11 is 0. The Labute approximate surface area is 197 Å². The standard InChI is InChI=1S/C17H24N7O10P/c1-7(23-8(2)25)16(29)19-3-10(26)34-35(30,31)32-4-9-12(27)13(28)17(33-9)24-6-22-11-14(18)20-5-21-15(11)24/h5-7,9,12-13,17,27-28H,3-4H2,1-2H3,(H,19,29)(H,23,25)(H,30,31)(H2,18,20,21)/p-1/t7?,9-,12-,13-,17-/m1/s1. The number of phosphoric ester groups is 1. The van der Waals surface area contributed by atoms with Gasteiger partial charge in [0.25, 0.3) is 0 Å². The fraction of sp³-hybridized carbons (Fsp3) is 0.529. The van der Waals surface area contributed by atoms with Crippen LogP contribution in [0.15, 0.2) is 12.7 Å². The van der Waals surface area contributed by atoms with Crippen molar-refractivity contribution in [3.8, 4) is 0 Å². The quantitative estimate of drug-likeness (QED) is 0.205. The molecule has 17 nitrogen and oxygen atoms in total. The lowest BCUT2D eigenvalue weighted by molar-refractivity contribution is -0.227. The van der Waals surface area contributed by atoms with Crippen LogP contribution in [-0.4, -0.2) is 85.0 Å². The Bertz CT molecular complexity index is 1160. The van der Waals surface area contributed by atoms with Crippen LogP contribution in [0, 0.1) is 0 Å². The lowest BCUT2D eigenvalue weighted by Gasteiger charge is -2.24. The summed E-state index contributed by atoms with van der Waals surface area (Å²) in [6.45, 7) is 0.919. The minimum atomic E-state index is -5.23. The number of rotatable bonds is 9. The number of nitrogens with one attached hydrogen (secondary N) is 2. The molecule has 2 amide bonds. The number of ether oxygens (including phenoxy) is 1. The van der Waals surface area contributed by atoms with Crippen molar-refractivity contribution in [3.05, 3.63) is 12.7 Å². The van der Waals surface area contributed by atoms with Gasteiger partial charge in [-0.15, -0.1) is 0 Å². The van der Waals surface area contributed by atoms with E-state index in [1.807, 2.05) is 0 Å². The number of carbonyl (C=O) groups excluding carboxylic acids is 3. The number of carbonyl (C=O) groups is 3. The molecule has 2 aromatic rings. The van der Waals surface area contributed by atoms with Crippen LogP contribution >= 0.6 is 7.82 Å². The second kappa shape index (κ2) is 10.6. The fourth-order valence-corrected chi connectivity index (χ4v) is 3.88. The molecule has 2 aromatic heterocycles. The van der Waals surface area contributed by atoms with Crippen molar-refractivity contribution in [2.75, 3.05) is 18.9 Å². The number of nitrogens with two attached hydrogens (primary N) is 1. The zero-order chi connectivity index (χ0) is 25.9. The van der Waals surface area contributed by atoms with E-state index in [1.54, 1.807) is 0 Å². The molecule has 0 radical (unpaired) electrons. The number of hydrogen-bond donors (Lipinski definition) is 5. The van der Waals surface area contributed by atoms with Crippen molar-refractivity contribution < 1.29 is 47.8 Å². The second-order valence-corrected chi connectivity index (χ2v) is 8.81. The van der Waals surface area contributed by atoms with Gasteiger partial charge in [-0.1, -0.05) is 0 Å². The third-order valence-electron chi connectivity index (χ3n) is 4.83. The number of nitrogens with zero attached hydrogens (tertiary/aromatic N) is 4. The number of imidazole rings is 1. The molecule has 3 rings (SSSR count). The first kappa shape index (κ1) is 26.4. The number of aliphatic hydroxyl groups excluding tert-OH is 2. The van der Waals surface area contributed by atoms with Crippen molar-refractivity contribution >= 4 is 42.6 Å². The first-order chi connectivity index (χ1) is 16.4. The Morgan fingerprint density at radius 3 is 2.71 bits per heavy atom. The molecular weight excluding hydrogens is 493 g/mol. The van der Waals surface area contributed by atoms with Crippen LogP contribution in [0.5, 0.6) is 0 Å². The van der Waals surface area contributed by atoms with Gasteiger partial charge in [-0.2, -0.15) is 0 Å². The van der Waals surface area contributed by atoms with Crippen molar-refractivity contribution in [3.63, 3.8) is 0 Å². The van der Waals surface area contributed by atoms with Crippen molar-refractivity contribution in [1.82, 2.24) is 30.2 Å². The largest absolute Gasteiger partial charge is 0.746 e. The van der Waals surface area contributed by atoms with Crippen molar-refractivity contribution in [2.24, 2.45) is 0 Å². The summed E-state index contributed by atoms with van der Waals surface area (Å²) in [4.78, 5) is 58.2. The molecule has 192 valence electrons. The number of aliphatic hydroxyl groups is 2. The summed E-state index contributed by atoms with van der Waals surface area (Å²) < 4.78 is 27.6. The number of anilines is 1. The second-order valence-electron chi connectivity index (χ2n) is 7.48. The monoisotopic (exact) mass is 516 g/mol. The number of phosphoric acid groups is 1. The van der Waals surface area contributed by atoms with E-state index in [0.717, 1.165) is 0 Å². The van der Waals surface area contributed by atoms with E-state index in [-0.39, 0.29) is 17.0 Å². The minimum Gasteiger partial charge on any atom is -0.746 e. The van der Waals surface area contributed by atoms with Gasteiger partial charge in [0.2, 0.25) is 11.8 Å². The summed E-state index contributed by atoms with van der Waals surface area (Å²) in [5, 5.41) is 25.0. The van der Waals surface area contributed by atoms with E-state index in [4.69, 9.17) is 10.5 Å². The summed E-state index contributed by atoms with van der Waals surface area (Å²) in [6, 6.07) is -0.966. The summed E-state index contributed by atoms with van der Waals surface area (Å²) in [5.41, 5.74) is 6.15. The topological polar surface area (TPSA) is 253 Å². The average molecular weight is 516 g/mol. The van der Waals surface area contributed by atoms with Crippen LogP contribution in [-0.2, 0) is 32.7 Å². The number of amides is 2. The number of fused-ring (bicyclic) bond motifs is 1. The summed E-state index contributed by atoms with van der Waals surface area (Å²) in [5.74, 6) is -2.51. The van der Waals surface area contributed by atoms with Gasteiger partial charge in [-0.3, -0.25) is 18.7 Å². The Kier molecular flexibility index (Phi) is 7.99. The molecule has 6 N–H and O–H groups in total. The van der Waals surface area contributed by atoms with E-state index >= 15 is 0 Å². The smallest absolute Gasteiger partial charge is 0.331 e. The highest BCUT2D eigenvalue weighted by Crippen LogP contribution is 2.40. The zero-order valence-electron chi connectivity index (χ0n) is 18.4. The molecule has 0 aromatic carbocycles. The van der Waals surface area contributed by atoms with Gasteiger partial charge in [0.05, 0.1) is 12.9 Å². The number of nitrogen functional groups attached to an aromatic ring is 1. The van der Waals surface area contributed by atoms with Crippen LogP contribution in [0.1, 0.15) is 20.1 Å². The van der Waals surface area contributed by atoms with Gasteiger partial charge in [0.1, 0.15) is 42.7 Å². The molecule has 1 aliphatic heterocycles. The van der Waals surface area contributed by atoms with E-state index in [2.05, 4.69) is 34.6 Å². The number of hydrogen-bond acceptors (Lipinski definition) is 14. The van der Waals surface area contributed by atoms with Crippen LogP contribution in [0.3, 0.4) is 0 Å². The Hall–Kier alpha value is -3.21. The first-order valence-electron chi connectivity index (χ1n) is 10.1. The Morgan fingerprint density at radius 2 is 2.03 bits per heavy atom. The third-order valence-corrected chi connectivity index (χ3v) is 5.72. The maximum atomic E-state index is 12.0. The van der Waals surface area contributed by atoms with Crippen molar-refractivity contribution in [2.45, 2.75) is 44.4 Å². The van der Waals surface area contributed by atoms with Crippen molar-refractivity contribution in [1.29, 1.82) is 0 Å². The van der Waals surface area contributed by atoms with Crippen LogP contribution in [0.4, 0.5) is 5.82 Å². The lowest BCUT2D eigenvalue weighted by atomic mass is 10.1. The Morgan fingerprint density at radius 1 is 1.31 bits per heavy atom. The van der Waals surface area contributed by atoms with E-state index < -0.39 is 69.3 Å². The van der Waals surface area contributed by atoms with Gasteiger partial charge < -0.3 is 45.3 Å². The maximum absolute atomic E-state index is 12.0. The highest BCUT2D eigenvalue weighted by atomic mass is 31.2. The molecule has 1 fully saturated rings. The maximum Gasteiger partial charge on any atom is 0.331 e. The van der Waals surface area contributed by atoms with Crippen LogP contribution in [0.25, 0.3) is 11.2 Å². The minimum absolute atomic E-state index is 0.0801. The number of aromatic nitrogens is 4. The normalized spacial score (nSPS) is 24.5. The molecule has 6 atom stereocenters. The van der Waals surface area contributed by atoms with E-state index in [1.165, 1.54) is 31.1 Å². The predicted octanol–water partition coefficient (Wildman–Crippen LogP) is -3.30. The molecule has 35 heavy (non-hydrogen) atoms. The predicted molar refractivity (Wildman–Crippen MR) is 112 cm³/mol. The molecule has 0 spiro atoms. The molecular formula is C17H23N7O10P-. The highest BCUT2D eigenvalue weighted by molar-refractivity contribution is 7.46. The third kappa shape index (κ3) is 6.27. The van der Waals surface area contributed by atoms with E-state index in [0.29, 0.717) is 0 Å². The SMILES string of the molecule is CC(=O)NC(C)C(=O)NCC(=O)OP(=O)([O-])OC[C@H]1O[C@@H](n2cnc3c(N)ncnc32)[C@H](O)[C@@H]1O. The lowest BCUT2D eigenvalue weighted by Crippen LogP contribution is -2.45. The highest BCUT2D eigenvalue weighted by Gasteiger charge is 2.45. The van der Waals surface area contributed by atoms with Gasteiger partial charge in [0.15, 0.2) is 17.7 Å². The molecule has 1 saturated heterocycles. The van der Waals surface area contributed by atoms with Gasteiger partial charge in [0, 0.05) is 6.92 Å². The van der Waals surface area contributed by atoms with Gasteiger partial charge in [-0.25, -0.2) is 19.7 Å². The molecule has 3 heterocycles. The fourth-order valence-electron chi connectivity index (χ4n) is 3.18. The average Bonchev–Trinajstić information content (AvgIpc) is 3.32.